The lowest BCUT2D eigenvalue weighted by atomic mass is 9.86. The first-order valence-electron chi connectivity index (χ1n) is 17.5. The molecule has 1 amide bonds. The molecule has 0 aliphatic carbocycles. The Morgan fingerprint density at radius 2 is 1.73 bits per heavy atom. The van der Waals surface area contributed by atoms with Gasteiger partial charge in [-0.1, -0.05) is 37.1 Å². The van der Waals surface area contributed by atoms with Crippen LogP contribution in [0.25, 0.3) is 10.9 Å². The predicted molar refractivity (Wildman–Crippen MR) is 201 cm³/mol. The molecule has 2 atom stereocenters. The molecule has 2 heterocycles. The number of likely N-dealkylation sites (tertiary alicyclic amines) is 1. The van der Waals surface area contributed by atoms with Gasteiger partial charge in [0.25, 0.3) is 0 Å². The average molecular weight is 752 g/mol. The van der Waals surface area contributed by atoms with E-state index in [1.165, 1.54) is 56.2 Å². The standard InChI is InChI=1S/C39H46ClN3O8S/c1-26(24-52(47,48)25-35(44)41-17-8-20-50-32-10-7-9-28(21-32)23-43-18-5-4-6-19-43)36(39(46)51-38(45)29-11-13-30(40)14-12-29)37-27(2)42-34-16-15-31(49-3)22-33(34)37/h7,9-16,21-22,26,36,42H,4-6,8,17-20,23-25H2,1-3H3,(H,41,44). The molecule has 11 nitrogen and oxygen atoms in total. The smallest absolute Gasteiger partial charge is 0.345 e. The van der Waals surface area contributed by atoms with Gasteiger partial charge in [0, 0.05) is 34.7 Å². The van der Waals surface area contributed by atoms with E-state index in [4.69, 9.17) is 25.8 Å². The molecule has 2 unspecified atom stereocenters. The number of benzene rings is 3. The number of nitrogens with zero attached hydrogens (tertiary/aromatic N) is 1. The van der Waals surface area contributed by atoms with E-state index in [9.17, 15) is 22.8 Å². The highest BCUT2D eigenvalue weighted by atomic mass is 35.5. The molecule has 13 heteroatoms. The van der Waals surface area contributed by atoms with Gasteiger partial charge in [0.05, 0.1) is 31.0 Å². The summed E-state index contributed by atoms with van der Waals surface area (Å²) < 4.78 is 43.4. The quantitative estimate of drug-likeness (QED) is 0.0774. The van der Waals surface area contributed by atoms with Gasteiger partial charge in [-0.25, -0.2) is 13.2 Å². The molecule has 2 N–H and O–H groups in total. The van der Waals surface area contributed by atoms with Crippen molar-refractivity contribution < 1.29 is 37.0 Å². The zero-order chi connectivity index (χ0) is 37.3. The molecule has 0 spiro atoms. The highest BCUT2D eigenvalue weighted by molar-refractivity contribution is 7.92. The van der Waals surface area contributed by atoms with Gasteiger partial charge in [-0.2, -0.15) is 0 Å². The van der Waals surface area contributed by atoms with Crippen LogP contribution in [0.1, 0.15) is 65.7 Å². The van der Waals surface area contributed by atoms with Crippen LogP contribution in [0.4, 0.5) is 0 Å². The molecule has 0 bridgehead atoms. The third kappa shape index (κ3) is 10.6. The summed E-state index contributed by atoms with van der Waals surface area (Å²) in [5.74, 6) is -4.52. The summed E-state index contributed by atoms with van der Waals surface area (Å²) >= 11 is 5.95. The number of aromatic nitrogens is 1. The van der Waals surface area contributed by atoms with Gasteiger partial charge in [-0.05, 0) is 111 Å². The Kier molecular flexibility index (Phi) is 13.4. The highest BCUT2D eigenvalue weighted by Gasteiger charge is 2.36. The van der Waals surface area contributed by atoms with Crippen molar-refractivity contribution in [3.05, 3.63) is 94.1 Å². The molecule has 5 rings (SSSR count). The lowest BCUT2D eigenvalue weighted by Crippen LogP contribution is -2.35. The minimum absolute atomic E-state index is 0.109. The molecule has 1 aliphatic rings. The van der Waals surface area contributed by atoms with Crippen LogP contribution < -0.4 is 14.8 Å². The number of hydrogen-bond donors (Lipinski definition) is 2. The number of ether oxygens (including phenoxy) is 3. The maximum atomic E-state index is 13.8. The van der Waals surface area contributed by atoms with Gasteiger partial charge >= 0.3 is 11.9 Å². The lowest BCUT2D eigenvalue weighted by Gasteiger charge is -2.26. The Morgan fingerprint density at radius 3 is 2.46 bits per heavy atom. The van der Waals surface area contributed by atoms with E-state index < -0.39 is 51.0 Å². The van der Waals surface area contributed by atoms with E-state index in [2.05, 4.69) is 21.3 Å². The van der Waals surface area contributed by atoms with Crippen LogP contribution in [0.15, 0.2) is 66.7 Å². The van der Waals surface area contributed by atoms with Gasteiger partial charge in [-0.15, -0.1) is 0 Å². The minimum atomic E-state index is -4.01. The average Bonchev–Trinajstić information content (AvgIpc) is 3.42. The van der Waals surface area contributed by atoms with Crippen molar-refractivity contribution in [2.75, 3.05) is 44.9 Å². The first kappa shape index (κ1) is 38.8. The Bertz CT molecular complexity index is 1970. The number of amides is 1. The van der Waals surface area contributed by atoms with Crippen molar-refractivity contribution in [2.24, 2.45) is 5.92 Å². The van der Waals surface area contributed by atoms with Crippen LogP contribution >= 0.6 is 11.6 Å². The largest absolute Gasteiger partial charge is 0.497 e. The maximum absolute atomic E-state index is 13.8. The first-order chi connectivity index (χ1) is 24.9. The summed E-state index contributed by atoms with van der Waals surface area (Å²) in [6.07, 6.45) is 4.23. The molecule has 278 valence electrons. The van der Waals surface area contributed by atoms with Gasteiger partial charge in [0.15, 0.2) is 9.84 Å². The number of piperidine rings is 1. The highest BCUT2D eigenvalue weighted by Crippen LogP contribution is 2.37. The van der Waals surface area contributed by atoms with Crippen molar-refractivity contribution in [2.45, 2.75) is 52.0 Å². The number of halogens is 1. The zero-order valence-corrected chi connectivity index (χ0v) is 31.4. The third-order valence-electron chi connectivity index (χ3n) is 9.18. The van der Waals surface area contributed by atoms with Gasteiger partial charge in [-0.3, -0.25) is 14.5 Å². The molecule has 4 aromatic rings. The molecular formula is C39H46ClN3O8S. The van der Waals surface area contributed by atoms with E-state index in [0.717, 1.165) is 25.4 Å². The van der Waals surface area contributed by atoms with E-state index in [0.29, 0.717) is 46.0 Å². The van der Waals surface area contributed by atoms with Crippen molar-refractivity contribution in [3.8, 4) is 11.5 Å². The number of esters is 2. The lowest BCUT2D eigenvalue weighted by molar-refractivity contribution is -0.140. The fourth-order valence-electron chi connectivity index (χ4n) is 6.69. The summed E-state index contributed by atoms with van der Waals surface area (Å²) in [7, 11) is -2.49. The van der Waals surface area contributed by atoms with Crippen LogP contribution in [0.5, 0.6) is 11.5 Å². The second kappa shape index (κ2) is 17.9. The van der Waals surface area contributed by atoms with Crippen LogP contribution in [0, 0.1) is 12.8 Å². The number of rotatable bonds is 16. The molecule has 1 aromatic heterocycles. The Morgan fingerprint density at radius 1 is 0.981 bits per heavy atom. The number of aromatic amines is 1. The number of sulfone groups is 1. The van der Waals surface area contributed by atoms with Crippen LogP contribution in [0.2, 0.25) is 5.02 Å². The Labute approximate surface area is 309 Å². The first-order valence-corrected chi connectivity index (χ1v) is 19.7. The molecule has 1 saturated heterocycles. The normalized spacial score (nSPS) is 14.8. The van der Waals surface area contributed by atoms with Crippen LogP contribution in [0.3, 0.4) is 0 Å². The molecule has 1 aliphatic heterocycles. The maximum Gasteiger partial charge on any atom is 0.345 e. The minimum Gasteiger partial charge on any atom is -0.497 e. The van der Waals surface area contributed by atoms with Gasteiger partial charge < -0.3 is 24.5 Å². The Balaban J connectivity index is 1.19. The fourth-order valence-corrected chi connectivity index (χ4v) is 8.43. The molecule has 0 radical (unpaired) electrons. The monoisotopic (exact) mass is 751 g/mol. The van der Waals surface area contributed by atoms with E-state index >= 15 is 0 Å². The van der Waals surface area contributed by atoms with Gasteiger partial charge in [0.2, 0.25) is 5.91 Å². The number of aryl methyl sites for hydroxylation is 1. The number of carbonyl (C=O) groups is 3. The number of nitrogens with one attached hydrogen (secondary N) is 2. The van der Waals surface area contributed by atoms with Gasteiger partial charge in [0.1, 0.15) is 17.3 Å². The van der Waals surface area contributed by atoms with Crippen molar-refractivity contribution in [1.29, 1.82) is 0 Å². The van der Waals surface area contributed by atoms with Crippen LogP contribution in [-0.4, -0.2) is 81.0 Å². The molecule has 0 saturated carbocycles. The summed E-state index contributed by atoms with van der Waals surface area (Å²) in [5, 5.41) is 3.70. The summed E-state index contributed by atoms with van der Waals surface area (Å²) in [4.78, 5) is 45.2. The SMILES string of the molecule is COc1ccc2[nH]c(C)c(C(C(=O)OC(=O)c3ccc(Cl)cc3)C(C)CS(=O)(=O)CC(=O)NCCCOc3cccc(CN4CCCCC4)c3)c2c1. The number of methoxy groups -OCH3 is 1. The summed E-state index contributed by atoms with van der Waals surface area (Å²) in [6, 6.07) is 19.1. The van der Waals surface area contributed by atoms with Crippen molar-refractivity contribution >= 4 is 50.2 Å². The number of carbonyl (C=O) groups excluding carboxylic acids is 3. The van der Waals surface area contributed by atoms with E-state index in [1.54, 1.807) is 32.0 Å². The topological polar surface area (TPSA) is 144 Å². The number of hydrogen-bond acceptors (Lipinski definition) is 9. The Hall–Kier alpha value is -4.39. The summed E-state index contributed by atoms with van der Waals surface area (Å²) in [6.45, 7) is 7.04. The molecule has 52 heavy (non-hydrogen) atoms. The fraction of sp³-hybridized carbons (Fsp3) is 0.410. The third-order valence-corrected chi connectivity index (χ3v) is 11.2. The molecule has 3 aromatic carbocycles. The summed E-state index contributed by atoms with van der Waals surface area (Å²) in [5.41, 5.74) is 3.07. The second-order valence-electron chi connectivity index (χ2n) is 13.3. The predicted octanol–water partition coefficient (Wildman–Crippen LogP) is 6.23. The van der Waals surface area contributed by atoms with E-state index in [-0.39, 0.29) is 12.1 Å². The molecule has 1 fully saturated rings. The second-order valence-corrected chi connectivity index (χ2v) is 15.9. The van der Waals surface area contributed by atoms with Crippen LogP contribution in [-0.2, 0) is 30.7 Å². The van der Waals surface area contributed by atoms with Crippen molar-refractivity contribution in [1.82, 2.24) is 15.2 Å². The number of fused-ring (bicyclic) bond motifs is 1. The zero-order valence-electron chi connectivity index (χ0n) is 29.8. The molecular weight excluding hydrogens is 706 g/mol. The van der Waals surface area contributed by atoms with Crippen molar-refractivity contribution in [3.63, 3.8) is 0 Å². The number of H-pyrrole nitrogens is 1. The van der Waals surface area contributed by atoms with E-state index in [1.807, 2.05) is 18.2 Å².